The molecule has 0 spiro atoms. The van der Waals surface area contributed by atoms with Gasteiger partial charge in [-0.05, 0) is 26.0 Å². The van der Waals surface area contributed by atoms with Gasteiger partial charge in [-0.15, -0.1) is 0 Å². The second kappa shape index (κ2) is 7.10. The number of ether oxygens (including phenoxy) is 1. The number of aryl methyl sites for hydroxylation is 1. The Morgan fingerprint density at radius 1 is 1.30 bits per heavy atom. The van der Waals surface area contributed by atoms with Gasteiger partial charge in [0.2, 0.25) is 0 Å². The molecule has 20 heavy (non-hydrogen) atoms. The summed E-state index contributed by atoms with van der Waals surface area (Å²) in [5.74, 6) is 0.935. The molecule has 0 aliphatic rings. The summed E-state index contributed by atoms with van der Waals surface area (Å²) in [6.45, 7) is 5.80. The number of nitrogens with zero attached hydrogens (tertiary/aromatic N) is 2. The monoisotopic (exact) mass is 273 g/mol. The second-order valence-corrected chi connectivity index (χ2v) is 4.79. The lowest BCUT2D eigenvalue weighted by atomic mass is 10.0. The van der Waals surface area contributed by atoms with Crippen LogP contribution in [0.4, 0.5) is 0 Å². The topological polar surface area (TPSA) is 39.1 Å². The Labute approximate surface area is 120 Å². The van der Waals surface area contributed by atoms with Gasteiger partial charge in [0.15, 0.2) is 0 Å². The zero-order valence-electron chi connectivity index (χ0n) is 12.5. The molecule has 4 nitrogen and oxygen atoms in total. The third-order valence-electron chi connectivity index (χ3n) is 3.28. The molecule has 2 aromatic rings. The predicted molar refractivity (Wildman–Crippen MR) is 81.0 cm³/mol. The average molecular weight is 273 g/mol. The summed E-state index contributed by atoms with van der Waals surface area (Å²) in [6, 6.07) is 8.30. The highest BCUT2D eigenvalue weighted by molar-refractivity contribution is 5.39. The first-order valence-corrected chi connectivity index (χ1v) is 7.19. The van der Waals surface area contributed by atoms with Crippen LogP contribution in [0.25, 0.3) is 0 Å². The molecular weight excluding hydrogens is 250 g/mol. The standard InChI is InChI=1S/C16H23N3O/c1-4-10-18-16(14-11-17-12-19(14)3)13-8-6-7-9-15(13)20-5-2/h6-9,11-12,16,18H,4-5,10H2,1-3H3. The van der Waals surface area contributed by atoms with Crippen LogP contribution >= 0.6 is 0 Å². The Hall–Kier alpha value is -1.81. The smallest absolute Gasteiger partial charge is 0.124 e. The van der Waals surface area contributed by atoms with E-state index in [1.54, 1.807) is 0 Å². The van der Waals surface area contributed by atoms with E-state index in [-0.39, 0.29) is 6.04 Å². The van der Waals surface area contributed by atoms with Crippen molar-refractivity contribution in [2.24, 2.45) is 7.05 Å². The Kier molecular flexibility index (Phi) is 5.18. The van der Waals surface area contributed by atoms with Crippen molar-refractivity contribution in [1.82, 2.24) is 14.9 Å². The normalized spacial score (nSPS) is 12.3. The molecule has 1 unspecified atom stereocenters. The fourth-order valence-corrected chi connectivity index (χ4v) is 2.31. The molecular formula is C16H23N3O. The molecule has 1 aromatic heterocycles. The first-order valence-electron chi connectivity index (χ1n) is 7.19. The lowest BCUT2D eigenvalue weighted by molar-refractivity contribution is 0.333. The van der Waals surface area contributed by atoms with E-state index in [1.165, 1.54) is 0 Å². The number of benzene rings is 1. The van der Waals surface area contributed by atoms with Crippen molar-refractivity contribution in [1.29, 1.82) is 0 Å². The molecule has 1 atom stereocenters. The first kappa shape index (κ1) is 14.6. The summed E-state index contributed by atoms with van der Waals surface area (Å²) in [7, 11) is 2.02. The van der Waals surface area contributed by atoms with Crippen LogP contribution in [0.15, 0.2) is 36.8 Å². The molecule has 0 radical (unpaired) electrons. The maximum atomic E-state index is 5.77. The van der Waals surface area contributed by atoms with Gasteiger partial charge in [0.05, 0.1) is 30.9 Å². The summed E-state index contributed by atoms with van der Waals surface area (Å²) in [4.78, 5) is 4.23. The van der Waals surface area contributed by atoms with Gasteiger partial charge in [0, 0.05) is 12.6 Å². The van der Waals surface area contributed by atoms with Gasteiger partial charge >= 0.3 is 0 Å². The van der Waals surface area contributed by atoms with E-state index < -0.39 is 0 Å². The zero-order chi connectivity index (χ0) is 14.4. The van der Waals surface area contributed by atoms with Crippen molar-refractivity contribution in [3.05, 3.63) is 48.0 Å². The van der Waals surface area contributed by atoms with E-state index >= 15 is 0 Å². The number of aromatic nitrogens is 2. The van der Waals surface area contributed by atoms with Crippen LogP contribution in [0.3, 0.4) is 0 Å². The minimum absolute atomic E-state index is 0.102. The quantitative estimate of drug-likeness (QED) is 0.843. The summed E-state index contributed by atoms with van der Waals surface area (Å²) in [5, 5.41) is 3.59. The average Bonchev–Trinajstić information content (AvgIpc) is 2.88. The number of imidazole rings is 1. The molecule has 4 heteroatoms. The number of rotatable bonds is 7. The third kappa shape index (κ3) is 3.20. The van der Waals surface area contributed by atoms with Crippen molar-refractivity contribution in [2.75, 3.05) is 13.2 Å². The maximum absolute atomic E-state index is 5.77. The van der Waals surface area contributed by atoms with E-state index in [0.29, 0.717) is 6.61 Å². The Balaban J connectivity index is 2.38. The van der Waals surface area contributed by atoms with Gasteiger partial charge in [0.1, 0.15) is 5.75 Å². The Bertz CT molecular complexity index is 536. The Morgan fingerprint density at radius 2 is 2.10 bits per heavy atom. The molecule has 1 N–H and O–H groups in total. The van der Waals surface area contributed by atoms with Crippen LogP contribution in [-0.4, -0.2) is 22.7 Å². The summed E-state index contributed by atoms with van der Waals surface area (Å²) in [6.07, 6.45) is 4.83. The third-order valence-corrected chi connectivity index (χ3v) is 3.28. The van der Waals surface area contributed by atoms with E-state index in [2.05, 4.69) is 33.9 Å². The highest BCUT2D eigenvalue weighted by Crippen LogP contribution is 2.29. The van der Waals surface area contributed by atoms with Crippen LogP contribution in [-0.2, 0) is 7.05 Å². The fourth-order valence-electron chi connectivity index (χ4n) is 2.31. The lowest BCUT2D eigenvalue weighted by Gasteiger charge is -2.22. The van der Waals surface area contributed by atoms with E-state index in [4.69, 9.17) is 4.74 Å². The van der Waals surface area contributed by atoms with Gasteiger partial charge in [-0.25, -0.2) is 4.98 Å². The van der Waals surface area contributed by atoms with Gasteiger partial charge in [-0.2, -0.15) is 0 Å². The highest BCUT2D eigenvalue weighted by Gasteiger charge is 2.20. The molecule has 0 aliphatic carbocycles. The van der Waals surface area contributed by atoms with Crippen LogP contribution in [0.2, 0.25) is 0 Å². The van der Waals surface area contributed by atoms with Crippen LogP contribution < -0.4 is 10.1 Å². The Morgan fingerprint density at radius 3 is 2.75 bits per heavy atom. The summed E-state index contributed by atoms with van der Waals surface area (Å²) in [5.41, 5.74) is 2.30. The van der Waals surface area contributed by atoms with Crippen LogP contribution in [0.5, 0.6) is 5.75 Å². The van der Waals surface area contributed by atoms with Crippen LogP contribution in [0.1, 0.15) is 37.6 Å². The molecule has 108 valence electrons. The molecule has 2 rings (SSSR count). The second-order valence-electron chi connectivity index (χ2n) is 4.79. The largest absolute Gasteiger partial charge is 0.494 e. The highest BCUT2D eigenvalue weighted by atomic mass is 16.5. The summed E-state index contributed by atoms with van der Waals surface area (Å²) < 4.78 is 7.82. The van der Waals surface area contributed by atoms with Crippen molar-refractivity contribution < 1.29 is 4.74 Å². The number of hydrogen-bond donors (Lipinski definition) is 1. The predicted octanol–water partition coefficient (Wildman–Crippen LogP) is 2.91. The van der Waals surface area contributed by atoms with Crippen molar-refractivity contribution in [2.45, 2.75) is 26.3 Å². The minimum Gasteiger partial charge on any atom is -0.494 e. The van der Waals surface area contributed by atoms with Crippen molar-refractivity contribution in [3.63, 3.8) is 0 Å². The fraction of sp³-hybridized carbons (Fsp3) is 0.438. The molecule has 1 heterocycles. The van der Waals surface area contributed by atoms with Crippen molar-refractivity contribution >= 4 is 0 Å². The molecule has 0 saturated heterocycles. The van der Waals surface area contributed by atoms with Crippen LogP contribution in [0, 0.1) is 0 Å². The molecule has 0 bridgehead atoms. The molecule has 1 aromatic carbocycles. The number of hydrogen-bond acceptors (Lipinski definition) is 3. The van der Waals surface area contributed by atoms with Gasteiger partial charge in [-0.3, -0.25) is 0 Å². The SMILES string of the molecule is CCCNC(c1ccccc1OCC)c1cncn1C. The number of nitrogens with one attached hydrogen (secondary N) is 1. The van der Waals surface area contributed by atoms with E-state index in [1.807, 2.05) is 38.6 Å². The van der Waals surface area contributed by atoms with Gasteiger partial charge < -0.3 is 14.6 Å². The molecule has 0 aliphatic heterocycles. The van der Waals surface area contributed by atoms with Gasteiger partial charge in [0.25, 0.3) is 0 Å². The molecule has 0 amide bonds. The molecule has 0 saturated carbocycles. The zero-order valence-corrected chi connectivity index (χ0v) is 12.5. The minimum atomic E-state index is 0.102. The van der Waals surface area contributed by atoms with E-state index in [0.717, 1.165) is 30.0 Å². The lowest BCUT2D eigenvalue weighted by Crippen LogP contribution is -2.25. The first-order chi connectivity index (χ1) is 9.77. The van der Waals surface area contributed by atoms with Crippen molar-refractivity contribution in [3.8, 4) is 5.75 Å². The molecule has 0 fully saturated rings. The van der Waals surface area contributed by atoms with Gasteiger partial charge in [-0.1, -0.05) is 25.1 Å². The maximum Gasteiger partial charge on any atom is 0.124 e. The number of para-hydroxylation sites is 1. The van der Waals surface area contributed by atoms with E-state index in [9.17, 15) is 0 Å². The summed E-state index contributed by atoms with van der Waals surface area (Å²) >= 11 is 0.